The fourth-order valence-corrected chi connectivity index (χ4v) is 5.30. The first-order valence-electron chi connectivity index (χ1n) is 14.2. The third kappa shape index (κ3) is 6.15. The van der Waals surface area contributed by atoms with E-state index in [1.165, 1.54) is 0 Å². The number of aryl methyl sites for hydroxylation is 4. The molecule has 0 saturated heterocycles. The van der Waals surface area contributed by atoms with Gasteiger partial charge in [-0.05, 0) is 63.8 Å². The van der Waals surface area contributed by atoms with Crippen LogP contribution in [0.1, 0.15) is 58.4 Å². The highest BCUT2D eigenvalue weighted by Crippen LogP contribution is 2.35. The van der Waals surface area contributed by atoms with Crippen LogP contribution in [-0.2, 0) is 20.8 Å². The van der Waals surface area contributed by atoms with Gasteiger partial charge in [0.1, 0.15) is 11.2 Å². The Kier molecular flexibility index (Phi) is 9.00. The van der Waals surface area contributed by atoms with Crippen LogP contribution in [0, 0.1) is 27.7 Å². The molecule has 6 heteroatoms. The number of nitrogens with one attached hydrogen (secondary N) is 2. The number of amides is 2. The van der Waals surface area contributed by atoms with Crippen LogP contribution in [0.2, 0.25) is 0 Å². The summed E-state index contributed by atoms with van der Waals surface area (Å²) < 4.78 is 0. The summed E-state index contributed by atoms with van der Waals surface area (Å²) in [4.78, 5) is 26.6. The van der Waals surface area contributed by atoms with Crippen LogP contribution in [0.25, 0.3) is 0 Å². The van der Waals surface area contributed by atoms with Gasteiger partial charge in [0.15, 0.2) is 0 Å². The monoisotopic (exact) mass is 564 g/mol. The lowest BCUT2D eigenvalue weighted by Crippen LogP contribution is -2.56. The molecule has 4 aromatic rings. The van der Waals surface area contributed by atoms with Crippen LogP contribution in [-0.4, -0.2) is 34.1 Å². The quantitative estimate of drug-likeness (QED) is 0.224. The topological polar surface area (TPSA) is 98.7 Å². The highest BCUT2D eigenvalue weighted by Gasteiger charge is 2.42. The van der Waals surface area contributed by atoms with Crippen LogP contribution in [0.5, 0.6) is 0 Å². The summed E-state index contributed by atoms with van der Waals surface area (Å²) in [6.45, 7) is 11.2. The van der Waals surface area contributed by atoms with Gasteiger partial charge in [-0.15, -0.1) is 0 Å². The van der Waals surface area contributed by atoms with Gasteiger partial charge in [0.2, 0.25) is 0 Å². The summed E-state index contributed by atoms with van der Waals surface area (Å²) in [7, 11) is 0. The zero-order valence-corrected chi connectivity index (χ0v) is 25.1. The molecule has 0 unspecified atom stereocenters. The number of aliphatic hydroxyl groups is 2. The second kappa shape index (κ2) is 12.3. The van der Waals surface area contributed by atoms with Gasteiger partial charge in [-0.2, -0.15) is 0 Å². The summed E-state index contributed by atoms with van der Waals surface area (Å²) in [6, 6.07) is 28.0. The van der Waals surface area contributed by atoms with E-state index < -0.39 is 35.1 Å². The Bertz CT molecular complexity index is 1320. The zero-order chi connectivity index (χ0) is 30.7. The minimum Gasteiger partial charge on any atom is -0.378 e. The molecule has 0 bridgehead atoms. The minimum atomic E-state index is -1.60. The molecule has 0 aromatic heterocycles. The average Bonchev–Trinajstić information content (AvgIpc) is 2.97. The van der Waals surface area contributed by atoms with Gasteiger partial charge < -0.3 is 20.8 Å². The number of rotatable bonds is 8. The highest BCUT2D eigenvalue weighted by molar-refractivity contribution is 6.35. The maximum absolute atomic E-state index is 13.3. The van der Waals surface area contributed by atoms with E-state index in [2.05, 4.69) is 10.6 Å². The predicted octanol–water partition coefficient (Wildman–Crippen LogP) is 5.10. The highest BCUT2D eigenvalue weighted by atomic mass is 16.3. The molecule has 4 aromatic carbocycles. The van der Waals surface area contributed by atoms with E-state index >= 15 is 0 Å². The van der Waals surface area contributed by atoms with Crippen LogP contribution in [0.4, 0.5) is 0 Å². The van der Waals surface area contributed by atoms with Crippen LogP contribution >= 0.6 is 0 Å². The molecule has 0 fully saturated rings. The van der Waals surface area contributed by atoms with Gasteiger partial charge in [-0.1, -0.05) is 119 Å². The molecule has 0 saturated carbocycles. The van der Waals surface area contributed by atoms with Crippen molar-refractivity contribution >= 4 is 11.8 Å². The number of carbonyl (C=O) groups is 2. The van der Waals surface area contributed by atoms with Gasteiger partial charge in [0, 0.05) is 0 Å². The van der Waals surface area contributed by atoms with Gasteiger partial charge in [-0.3, -0.25) is 9.59 Å². The first-order valence-corrected chi connectivity index (χ1v) is 14.2. The van der Waals surface area contributed by atoms with Crippen LogP contribution in [0.15, 0.2) is 97.1 Å². The van der Waals surface area contributed by atoms with Crippen LogP contribution < -0.4 is 10.6 Å². The molecular formula is C36H40N2O4. The fourth-order valence-electron chi connectivity index (χ4n) is 5.30. The van der Waals surface area contributed by atoms with Crippen molar-refractivity contribution in [1.29, 1.82) is 0 Å². The zero-order valence-electron chi connectivity index (χ0n) is 25.1. The molecule has 218 valence electrons. The summed E-state index contributed by atoms with van der Waals surface area (Å²) in [5, 5.41) is 29.6. The molecule has 2 atom stereocenters. The van der Waals surface area contributed by atoms with E-state index in [0.29, 0.717) is 22.3 Å². The van der Waals surface area contributed by atoms with Crippen molar-refractivity contribution in [3.8, 4) is 0 Å². The van der Waals surface area contributed by atoms with Crippen LogP contribution in [0.3, 0.4) is 0 Å². The van der Waals surface area contributed by atoms with Gasteiger partial charge in [-0.25, -0.2) is 0 Å². The Morgan fingerprint density at radius 3 is 0.857 bits per heavy atom. The molecule has 0 aliphatic rings. The Morgan fingerprint density at radius 1 is 0.476 bits per heavy atom. The Hall–Kier alpha value is -4.26. The second-order valence-corrected chi connectivity index (χ2v) is 11.4. The molecule has 0 aliphatic carbocycles. The lowest BCUT2D eigenvalue weighted by molar-refractivity contribution is -0.141. The van der Waals surface area contributed by atoms with Crippen molar-refractivity contribution in [2.45, 2.75) is 64.8 Å². The fraction of sp³-hybridized carbons (Fsp3) is 0.278. The smallest absolute Gasteiger partial charge is 0.309 e. The number of carbonyl (C=O) groups excluding carboxylic acids is 2. The van der Waals surface area contributed by atoms with Crippen molar-refractivity contribution < 1.29 is 19.8 Å². The maximum Gasteiger partial charge on any atom is 0.309 e. The molecule has 0 heterocycles. The SMILES string of the molecule is Cc1ccc(C(O)(c2ccc(C)cc2)[C@@H](C)NC(=O)C(=O)N[C@H](C)C(O)(c2ccc(C)cc2)c2ccc(C)cc2)cc1. The second-order valence-electron chi connectivity index (χ2n) is 11.4. The van der Waals surface area contributed by atoms with E-state index in [9.17, 15) is 19.8 Å². The summed E-state index contributed by atoms with van der Waals surface area (Å²) in [6.07, 6.45) is 0. The normalized spacial score (nSPS) is 13.2. The standard InChI is InChI=1S/C36H40N2O4/c1-23-7-15-29(16-8-23)35(41,30-17-9-24(2)10-18-30)27(5)37-33(39)34(40)38-28(6)36(42,31-19-11-25(3)12-20-31)32-21-13-26(4)14-22-32/h7-22,27-28,41-42H,1-6H3,(H,37,39)(H,38,40)/t27-,28-/m1/s1. The van der Waals surface area contributed by atoms with E-state index in [1.54, 1.807) is 13.8 Å². The molecule has 6 nitrogen and oxygen atoms in total. The Labute approximate surface area is 248 Å². The first-order chi connectivity index (χ1) is 19.8. The van der Waals surface area contributed by atoms with E-state index in [1.807, 2.05) is 125 Å². The summed E-state index contributed by atoms with van der Waals surface area (Å²) >= 11 is 0. The van der Waals surface area contributed by atoms with Gasteiger partial charge in [0.05, 0.1) is 12.1 Å². The lowest BCUT2D eigenvalue weighted by atomic mass is 9.80. The molecule has 42 heavy (non-hydrogen) atoms. The maximum atomic E-state index is 13.3. The number of hydrogen-bond donors (Lipinski definition) is 4. The van der Waals surface area contributed by atoms with Crippen molar-refractivity contribution in [1.82, 2.24) is 10.6 Å². The molecule has 0 aliphatic heterocycles. The summed E-state index contributed by atoms with van der Waals surface area (Å²) in [5.74, 6) is -1.83. The van der Waals surface area contributed by atoms with E-state index in [-0.39, 0.29) is 0 Å². The predicted molar refractivity (Wildman–Crippen MR) is 166 cm³/mol. The van der Waals surface area contributed by atoms with Gasteiger partial charge >= 0.3 is 11.8 Å². The van der Waals surface area contributed by atoms with Gasteiger partial charge in [0.25, 0.3) is 0 Å². The largest absolute Gasteiger partial charge is 0.378 e. The van der Waals surface area contributed by atoms with E-state index in [0.717, 1.165) is 22.3 Å². The van der Waals surface area contributed by atoms with Crippen molar-refractivity contribution in [3.05, 3.63) is 142 Å². The minimum absolute atomic E-state index is 0.589. The van der Waals surface area contributed by atoms with Crippen molar-refractivity contribution in [2.24, 2.45) is 0 Å². The average molecular weight is 565 g/mol. The third-order valence-electron chi connectivity index (χ3n) is 8.12. The Morgan fingerprint density at radius 2 is 0.667 bits per heavy atom. The molecule has 2 amide bonds. The van der Waals surface area contributed by atoms with Crippen molar-refractivity contribution in [3.63, 3.8) is 0 Å². The molecule has 4 N–H and O–H groups in total. The Balaban J connectivity index is 1.60. The summed E-state index contributed by atoms with van der Waals surface area (Å²) in [5.41, 5.74) is 3.28. The number of hydrogen-bond acceptors (Lipinski definition) is 4. The molecule has 0 spiro atoms. The van der Waals surface area contributed by atoms with Crippen molar-refractivity contribution in [2.75, 3.05) is 0 Å². The first kappa shape index (κ1) is 30.7. The molecule has 4 rings (SSSR count). The molecular weight excluding hydrogens is 524 g/mol. The number of benzene rings is 4. The van der Waals surface area contributed by atoms with E-state index in [4.69, 9.17) is 0 Å². The third-order valence-corrected chi connectivity index (χ3v) is 8.12. The molecule has 0 radical (unpaired) electrons. The lowest BCUT2D eigenvalue weighted by Gasteiger charge is -2.37.